The number of fused-ring (bicyclic) bond motifs is 1. The van der Waals surface area contributed by atoms with Crippen molar-refractivity contribution in [3.8, 4) is 0 Å². The van der Waals surface area contributed by atoms with Gasteiger partial charge in [0.05, 0.1) is 0 Å². The molecule has 0 unspecified atom stereocenters. The van der Waals surface area contributed by atoms with Crippen molar-refractivity contribution in [1.82, 2.24) is 15.1 Å². The molecule has 1 atom stereocenters. The van der Waals surface area contributed by atoms with Crippen molar-refractivity contribution in [2.45, 2.75) is 19.0 Å². The molecule has 2 aliphatic rings. The van der Waals surface area contributed by atoms with E-state index in [0.29, 0.717) is 6.04 Å². The lowest BCUT2D eigenvalue weighted by molar-refractivity contribution is 0.140. The van der Waals surface area contributed by atoms with Gasteiger partial charge in [0.2, 0.25) is 0 Å². The van der Waals surface area contributed by atoms with Crippen molar-refractivity contribution in [1.29, 1.82) is 0 Å². The van der Waals surface area contributed by atoms with Crippen LogP contribution >= 0.6 is 0 Å². The minimum absolute atomic E-state index is 0.628. The zero-order valence-corrected chi connectivity index (χ0v) is 11.2. The Hall–Kier alpha value is -0.900. The minimum atomic E-state index is 0.628. The molecule has 0 amide bonds. The molecule has 0 aromatic heterocycles. The average Bonchev–Trinajstić information content (AvgIpc) is 2.41. The summed E-state index contributed by atoms with van der Waals surface area (Å²) in [7, 11) is 2.21. The van der Waals surface area contributed by atoms with E-state index in [1.807, 2.05) is 0 Å². The van der Waals surface area contributed by atoms with E-state index in [1.165, 1.54) is 50.3 Å². The molecule has 18 heavy (non-hydrogen) atoms. The third-order valence-corrected chi connectivity index (χ3v) is 4.24. The summed E-state index contributed by atoms with van der Waals surface area (Å²) in [5.74, 6) is 0. The van der Waals surface area contributed by atoms with Gasteiger partial charge in [0.25, 0.3) is 0 Å². The molecule has 1 saturated heterocycles. The monoisotopic (exact) mass is 245 g/mol. The van der Waals surface area contributed by atoms with E-state index >= 15 is 0 Å². The molecule has 1 aromatic carbocycles. The van der Waals surface area contributed by atoms with Gasteiger partial charge < -0.3 is 10.2 Å². The van der Waals surface area contributed by atoms with E-state index in [0.717, 1.165) is 6.54 Å². The molecule has 0 spiro atoms. The maximum Gasteiger partial charge on any atom is 0.0238 e. The Morgan fingerprint density at radius 3 is 2.61 bits per heavy atom. The van der Waals surface area contributed by atoms with Crippen molar-refractivity contribution in [2.24, 2.45) is 0 Å². The molecule has 1 aromatic rings. The summed E-state index contributed by atoms with van der Waals surface area (Å²) < 4.78 is 0. The Balaban J connectivity index is 1.56. The van der Waals surface area contributed by atoms with Crippen molar-refractivity contribution >= 4 is 0 Å². The van der Waals surface area contributed by atoms with Crippen LogP contribution in [0.4, 0.5) is 0 Å². The highest BCUT2D eigenvalue weighted by Gasteiger charge is 2.21. The summed E-state index contributed by atoms with van der Waals surface area (Å²) in [4.78, 5) is 5.02. The lowest BCUT2D eigenvalue weighted by Crippen LogP contribution is -2.51. The highest BCUT2D eigenvalue weighted by molar-refractivity contribution is 5.29. The van der Waals surface area contributed by atoms with E-state index in [4.69, 9.17) is 0 Å². The van der Waals surface area contributed by atoms with E-state index in [2.05, 4.69) is 46.4 Å². The number of nitrogens with one attached hydrogen (secondary N) is 1. The van der Waals surface area contributed by atoms with E-state index in [1.54, 1.807) is 0 Å². The zero-order valence-electron chi connectivity index (χ0n) is 11.2. The second-order valence-electron chi connectivity index (χ2n) is 5.65. The summed E-state index contributed by atoms with van der Waals surface area (Å²) >= 11 is 0. The standard InChI is InChI=1S/C15H23N3/c1-17-6-8-18(9-7-17)12-15-10-13-4-2-3-5-14(13)11-16-15/h2-5,15-16H,6-12H2,1H3/t15-/m0/s1. The van der Waals surface area contributed by atoms with Crippen LogP contribution in [-0.2, 0) is 13.0 Å². The maximum absolute atomic E-state index is 3.68. The molecule has 2 aliphatic heterocycles. The van der Waals surface area contributed by atoms with Gasteiger partial charge in [-0.1, -0.05) is 24.3 Å². The fourth-order valence-electron chi connectivity index (χ4n) is 2.99. The first kappa shape index (κ1) is 12.2. The molecule has 2 heterocycles. The van der Waals surface area contributed by atoms with Crippen LogP contribution in [0, 0.1) is 0 Å². The number of hydrogen-bond donors (Lipinski definition) is 1. The quantitative estimate of drug-likeness (QED) is 0.837. The number of rotatable bonds is 2. The van der Waals surface area contributed by atoms with Crippen LogP contribution < -0.4 is 5.32 Å². The first-order valence-corrected chi connectivity index (χ1v) is 7.02. The van der Waals surface area contributed by atoms with E-state index < -0.39 is 0 Å². The Bertz CT molecular complexity index is 396. The minimum Gasteiger partial charge on any atom is -0.308 e. The Kier molecular flexibility index (Phi) is 3.64. The fourth-order valence-corrected chi connectivity index (χ4v) is 2.99. The molecule has 98 valence electrons. The Labute approximate surface area is 110 Å². The molecule has 0 aliphatic carbocycles. The van der Waals surface area contributed by atoms with E-state index in [9.17, 15) is 0 Å². The van der Waals surface area contributed by atoms with Gasteiger partial charge in [0, 0.05) is 45.3 Å². The smallest absolute Gasteiger partial charge is 0.0238 e. The van der Waals surface area contributed by atoms with Crippen LogP contribution in [0.1, 0.15) is 11.1 Å². The first-order valence-electron chi connectivity index (χ1n) is 7.02. The molecular formula is C15H23N3. The normalized spacial score (nSPS) is 25.9. The van der Waals surface area contributed by atoms with Gasteiger partial charge in [0.1, 0.15) is 0 Å². The van der Waals surface area contributed by atoms with Crippen molar-refractivity contribution < 1.29 is 0 Å². The highest BCUT2D eigenvalue weighted by atomic mass is 15.3. The number of likely N-dealkylation sites (N-methyl/N-ethyl adjacent to an activating group) is 1. The molecule has 0 radical (unpaired) electrons. The third kappa shape index (κ3) is 2.74. The SMILES string of the molecule is CN1CCN(C[C@@H]2Cc3ccccc3CN2)CC1. The predicted molar refractivity (Wildman–Crippen MR) is 74.7 cm³/mol. The number of piperazine rings is 1. The second kappa shape index (κ2) is 5.39. The van der Waals surface area contributed by atoms with Crippen LogP contribution in [0.3, 0.4) is 0 Å². The summed E-state index contributed by atoms with van der Waals surface area (Å²) in [6.07, 6.45) is 1.18. The van der Waals surface area contributed by atoms with Gasteiger partial charge >= 0.3 is 0 Å². The Morgan fingerprint density at radius 1 is 1.11 bits per heavy atom. The molecule has 3 nitrogen and oxygen atoms in total. The number of hydrogen-bond acceptors (Lipinski definition) is 3. The van der Waals surface area contributed by atoms with Crippen molar-refractivity contribution in [3.63, 3.8) is 0 Å². The Morgan fingerprint density at radius 2 is 1.83 bits per heavy atom. The summed E-state index contributed by atoms with van der Waals surface area (Å²) in [5, 5.41) is 3.68. The molecule has 0 bridgehead atoms. The summed E-state index contributed by atoms with van der Waals surface area (Å²) in [6.45, 7) is 7.09. The topological polar surface area (TPSA) is 18.5 Å². The van der Waals surface area contributed by atoms with Crippen molar-refractivity contribution in [3.05, 3.63) is 35.4 Å². The predicted octanol–water partition coefficient (Wildman–Crippen LogP) is 0.948. The van der Waals surface area contributed by atoms with E-state index in [-0.39, 0.29) is 0 Å². The molecule has 0 saturated carbocycles. The lowest BCUT2D eigenvalue weighted by Gasteiger charge is -2.36. The zero-order chi connectivity index (χ0) is 12.4. The summed E-state index contributed by atoms with van der Waals surface area (Å²) in [5.41, 5.74) is 3.02. The lowest BCUT2D eigenvalue weighted by atomic mass is 9.95. The third-order valence-electron chi connectivity index (χ3n) is 4.24. The van der Waals surface area contributed by atoms with Gasteiger partial charge in [-0.15, -0.1) is 0 Å². The largest absolute Gasteiger partial charge is 0.308 e. The van der Waals surface area contributed by atoms with Gasteiger partial charge in [-0.2, -0.15) is 0 Å². The summed E-state index contributed by atoms with van der Waals surface area (Å²) in [6, 6.07) is 9.46. The van der Waals surface area contributed by atoms with Gasteiger partial charge in [-0.3, -0.25) is 4.90 Å². The highest BCUT2D eigenvalue weighted by Crippen LogP contribution is 2.17. The number of nitrogens with zero attached hydrogens (tertiary/aromatic N) is 2. The van der Waals surface area contributed by atoms with Gasteiger partial charge in [-0.25, -0.2) is 0 Å². The van der Waals surface area contributed by atoms with Crippen LogP contribution in [0.25, 0.3) is 0 Å². The molecule has 3 rings (SSSR count). The molecule has 3 heteroatoms. The van der Waals surface area contributed by atoms with Crippen LogP contribution in [0.15, 0.2) is 24.3 Å². The van der Waals surface area contributed by atoms with Crippen LogP contribution in [0.5, 0.6) is 0 Å². The van der Waals surface area contributed by atoms with Crippen LogP contribution in [-0.4, -0.2) is 55.6 Å². The number of benzene rings is 1. The molecule has 1 fully saturated rings. The average molecular weight is 245 g/mol. The van der Waals surface area contributed by atoms with Crippen molar-refractivity contribution in [2.75, 3.05) is 39.8 Å². The van der Waals surface area contributed by atoms with Gasteiger partial charge in [-0.05, 0) is 24.6 Å². The molecule has 1 N–H and O–H groups in total. The fraction of sp³-hybridized carbons (Fsp3) is 0.600. The molecular weight excluding hydrogens is 222 g/mol. The van der Waals surface area contributed by atoms with Gasteiger partial charge in [0.15, 0.2) is 0 Å². The van der Waals surface area contributed by atoms with Crippen LogP contribution in [0.2, 0.25) is 0 Å². The second-order valence-corrected chi connectivity index (χ2v) is 5.65. The first-order chi connectivity index (χ1) is 8.81. The maximum atomic E-state index is 3.68.